The summed E-state index contributed by atoms with van der Waals surface area (Å²) >= 11 is 0. The predicted molar refractivity (Wildman–Crippen MR) is 215 cm³/mol. The SMILES string of the molecule is Cc1c(C)c(C(=O)N(C)CC(O)CO)c(C)c(N(C=O)CC(O)C(O)CN(C=O)c2c(C)c(C(=O)N(C)CC(O)CO)c(C)c(C(=O)N(C)CC(O)CO)c2C)c1C. The third-order valence-electron chi connectivity index (χ3n) is 10.6. The molecular weight excluding hydrogens is 758 g/mol. The van der Waals surface area contributed by atoms with E-state index in [-0.39, 0.29) is 58.7 Å². The molecule has 0 aliphatic rings. The summed E-state index contributed by atoms with van der Waals surface area (Å²) in [4.78, 5) is 72.6. The summed E-state index contributed by atoms with van der Waals surface area (Å²) in [5.41, 5.74) is 3.42. The molecule has 0 fully saturated rings. The first kappa shape index (κ1) is 49.6. The quantitative estimate of drug-likeness (QED) is 0.0666. The predicted octanol–water partition coefficient (Wildman–Crippen LogP) is -1.53. The van der Waals surface area contributed by atoms with Crippen molar-refractivity contribution in [3.8, 4) is 0 Å². The van der Waals surface area contributed by atoms with Crippen LogP contribution in [0.4, 0.5) is 11.4 Å². The van der Waals surface area contributed by atoms with Crippen LogP contribution in [0.5, 0.6) is 0 Å². The molecule has 2 aromatic carbocycles. The molecule has 58 heavy (non-hydrogen) atoms. The Hall–Kier alpha value is -4.53. The summed E-state index contributed by atoms with van der Waals surface area (Å²) in [6.07, 6.45) is -6.38. The number of rotatable bonds is 21. The van der Waals surface area contributed by atoms with Gasteiger partial charge in [-0.05, 0) is 87.4 Å². The highest BCUT2D eigenvalue weighted by Gasteiger charge is 2.33. The molecule has 0 saturated heterocycles. The third-order valence-corrected chi connectivity index (χ3v) is 10.6. The van der Waals surface area contributed by atoms with E-state index in [0.29, 0.717) is 40.8 Å². The molecule has 18 heteroatoms. The Balaban J connectivity index is 2.67. The van der Waals surface area contributed by atoms with Crippen molar-refractivity contribution in [2.45, 2.75) is 79.0 Å². The van der Waals surface area contributed by atoms with Crippen LogP contribution in [0.15, 0.2) is 0 Å². The zero-order chi connectivity index (χ0) is 44.5. The molecule has 0 aliphatic heterocycles. The van der Waals surface area contributed by atoms with Crippen molar-refractivity contribution in [1.29, 1.82) is 0 Å². The minimum absolute atomic E-state index is 0.0238. The molecule has 5 amide bonds. The van der Waals surface area contributed by atoms with Gasteiger partial charge in [0.15, 0.2) is 0 Å². The van der Waals surface area contributed by atoms with Crippen LogP contribution in [0, 0.1) is 48.5 Å². The van der Waals surface area contributed by atoms with E-state index >= 15 is 0 Å². The fourth-order valence-electron chi connectivity index (χ4n) is 7.32. The first-order valence-corrected chi connectivity index (χ1v) is 18.7. The third kappa shape index (κ3) is 10.9. The van der Waals surface area contributed by atoms with Crippen molar-refractivity contribution in [3.05, 3.63) is 55.6 Å². The number of nitrogens with zero attached hydrogens (tertiary/aromatic N) is 5. The van der Waals surface area contributed by atoms with Crippen molar-refractivity contribution in [2.24, 2.45) is 0 Å². The molecule has 18 nitrogen and oxygen atoms in total. The molecule has 324 valence electrons. The summed E-state index contributed by atoms with van der Waals surface area (Å²) < 4.78 is 0. The van der Waals surface area contributed by atoms with E-state index in [4.69, 9.17) is 0 Å². The van der Waals surface area contributed by atoms with Crippen LogP contribution in [0.25, 0.3) is 0 Å². The van der Waals surface area contributed by atoms with Gasteiger partial charge in [0.2, 0.25) is 12.8 Å². The van der Waals surface area contributed by atoms with E-state index < -0.39 is 81.2 Å². The van der Waals surface area contributed by atoms with Crippen LogP contribution in [0.1, 0.15) is 70.0 Å². The molecule has 0 heterocycles. The van der Waals surface area contributed by atoms with E-state index in [1.54, 1.807) is 27.7 Å². The smallest absolute Gasteiger partial charge is 0.254 e. The van der Waals surface area contributed by atoms with Gasteiger partial charge in [0.1, 0.15) is 0 Å². The summed E-state index contributed by atoms with van der Waals surface area (Å²) in [6, 6.07) is 0. The lowest BCUT2D eigenvalue weighted by Crippen LogP contribution is -2.45. The molecule has 0 saturated carbocycles. The van der Waals surface area contributed by atoms with Gasteiger partial charge in [0, 0.05) is 57.5 Å². The molecule has 0 aromatic heterocycles. The Morgan fingerprint density at radius 1 is 0.448 bits per heavy atom. The second-order valence-corrected chi connectivity index (χ2v) is 14.9. The number of hydrogen-bond donors (Lipinski definition) is 8. The van der Waals surface area contributed by atoms with E-state index in [9.17, 15) is 64.8 Å². The Morgan fingerprint density at radius 2 is 0.724 bits per heavy atom. The van der Waals surface area contributed by atoms with E-state index in [0.717, 1.165) is 19.6 Å². The fourth-order valence-corrected chi connectivity index (χ4v) is 7.32. The number of hydrogen-bond acceptors (Lipinski definition) is 13. The lowest BCUT2D eigenvalue weighted by atomic mass is 9.89. The number of anilines is 2. The van der Waals surface area contributed by atoms with E-state index in [1.807, 2.05) is 0 Å². The molecule has 2 rings (SSSR count). The Morgan fingerprint density at radius 3 is 1.00 bits per heavy atom. The average molecular weight is 820 g/mol. The van der Waals surface area contributed by atoms with Gasteiger partial charge in [-0.2, -0.15) is 0 Å². The maximum Gasteiger partial charge on any atom is 0.254 e. The summed E-state index contributed by atoms with van der Waals surface area (Å²) in [7, 11) is 4.21. The highest BCUT2D eigenvalue weighted by molar-refractivity contribution is 6.07. The average Bonchev–Trinajstić information content (AvgIpc) is 3.18. The van der Waals surface area contributed by atoms with Gasteiger partial charge in [-0.1, -0.05) is 0 Å². The summed E-state index contributed by atoms with van der Waals surface area (Å²) in [5.74, 6) is -1.82. The van der Waals surface area contributed by atoms with Crippen molar-refractivity contribution >= 4 is 41.9 Å². The summed E-state index contributed by atoms with van der Waals surface area (Å²) in [5, 5.41) is 80.9. The normalized spacial score (nSPS) is 13.9. The number of aliphatic hydroxyl groups is 8. The lowest BCUT2D eigenvalue weighted by molar-refractivity contribution is -0.109. The largest absolute Gasteiger partial charge is 0.394 e. The van der Waals surface area contributed by atoms with Crippen molar-refractivity contribution < 1.29 is 64.8 Å². The van der Waals surface area contributed by atoms with Gasteiger partial charge in [-0.25, -0.2) is 0 Å². The highest BCUT2D eigenvalue weighted by atomic mass is 16.3. The minimum atomic E-state index is -1.73. The standard InChI is InChI=1S/C40H61N5O13/c1-21-22(2)33(38(56)41(8)11-28(51)16-46)25(5)36(23(21)3)44(19-49)14-31(54)32(55)15-45(20-50)37-26(6)34(39(57)42(9)12-29(52)17-47)24(4)35(27(37)7)40(58)43(10)13-30(53)18-48/h19-20,28-32,46-48,51-55H,11-18H2,1-10H3. The molecular formula is C40H61N5O13. The fraction of sp³-hybridized carbons (Fsp3) is 0.575. The minimum Gasteiger partial charge on any atom is -0.394 e. The first-order chi connectivity index (χ1) is 27.1. The summed E-state index contributed by atoms with van der Waals surface area (Å²) in [6.45, 7) is 7.77. The van der Waals surface area contributed by atoms with Gasteiger partial charge >= 0.3 is 0 Å². The second-order valence-electron chi connectivity index (χ2n) is 14.9. The Bertz CT molecular complexity index is 1760. The van der Waals surface area contributed by atoms with Crippen molar-refractivity contribution in [1.82, 2.24) is 14.7 Å². The number of likely N-dealkylation sites (N-methyl/N-ethyl adjacent to an activating group) is 3. The molecule has 0 bridgehead atoms. The van der Waals surface area contributed by atoms with E-state index in [2.05, 4.69) is 0 Å². The van der Waals surface area contributed by atoms with Gasteiger partial charge < -0.3 is 65.4 Å². The van der Waals surface area contributed by atoms with Crippen LogP contribution in [0.2, 0.25) is 0 Å². The first-order valence-electron chi connectivity index (χ1n) is 18.7. The van der Waals surface area contributed by atoms with Gasteiger partial charge in [-0.3, -0.25) is 24.0 Å². The van der Waals surface area contributed by atoms with Crippen LogP contribution >= 0.6 is 0 Å². The second kappa shape index (κ2) is 21.5. The van der Waals surface area contributed by atoms with Gasteiger partial charge in [0.05, 0.1) is 74.8 Å². The molecule has 5 atom stereocenters. The van der Waals surface area contributed by atoms with Crippen LogP contribution in [-0.4, -0.2) is 190 Å². The molecule has 2 aromatic rings. The lowest BCUT2D eigenvalue weighted by Gasteiger charge is -2.33. The van der Waals surface area contributed by atoms with Crippen LogP contribution < -0.4 is 9.80 Å². The maximum atomic E-state index is 13.9. The van der Waals surface area contributed by atoms with Gasteiger partial charge in [0.25, 0.3) is 17.7 Å². The number of carbonyl (C=O) groups excluding carboxylic acids is 5. The van der Waals surface area contributed by atoms with Crippen LogP contribution in [-0.2, 0) is 9.59 Å². The van der Waals surface area contributed by atoms with E-state index in [1.165, 1.54) is 46.8 Å². The number of carbonyl (C=O) groups is 5. The van der Waals surface area contributed by atoms with Gasteiger partial charge in [-0.15, -0.1) is 0 Å². The van der Waals surface area contributed by atoms with Crippen LogP contribution in [0.3, 0.4) is 0 Å². The molecule has 5 unspecified atom stereocenters. The van der Waals surface area contributed by atoms with Crippen molar-refractivity contribution in [3.63, 3.8) is 0 Å². The zero-order valence-electron chi connectivity index (χ0n) is 35.1. The molecule has 0 radical (unpaired) electrons. The Labute approximate surface area is 339 Å². The monoisotopic (exact) mass is 819 g/mol. The molecule has 0 spiro atoms. The number of benzene rings is 2. The number of aliphatic hydroxyl groups excluding tert-OH is 8. The zero-order valence-corrected chi connectivity index (χ0v) is 35.1. The molecule has 0 aliphatic carbocycles. The molecule has 8 N–H and O–H groups in total. The topological polar surface area (TPSA) is 263 Å². The Kier molecular flexibility index (Phi) is 18.4. The number of amides is 5. The highest BCUT2D eigenvalue weighted by Crippen LogP contribution is 2.36. The van der Waals surface area contributed by atoms with Crippen molar-refractivity contribution in [2.75, 3.05) is 83.5 Å². The maximum absolute atomic E-state index is 13.9.